The van der Waals surface area contributed by atoms with Crippen LogP contribution in [0.3, 0.4) is 0 Å². The molecule has 7 heteroatoms. The largest absolute Gasteiger partial charge is 0.378 e. The molecule has 0 aliphatic carbocycles. The molecule has 0 radical (unpaired) electrons. The highest BCUT2D eigenvalue weighted by Gasteiger charge is 2.27. The zero-order valence-electron chi connectivity index (χ0n) is 18.7. The van der Waals surface area contributed by atoms with Crippen LogP contribution in [0.4, 0.5) is 17.3 Å². The van der Waals surface area contributed by atoms with Crippen LogP contribution in [0.1, 0.15) is 19.8 Å². The van der Waals surface area contributed by atoms with Crippen molar-refractivity contribution in [2.45, 2.75) is 26.3 Å². The molecule has 1 aromatic heterocycles. The summed E-state index contributed by atoms with van der Waals surface area (Å²) in [4.78, 5) is 22.4. The van der Waals surface area contributed by atoms with Crippen LogP contribution in [0.25, 0.3) is 11.0 Å². The van der Waals surface area contributed by atoms with Crippen LogP contribution >= 0.6 is 0 Å². The Balaban J connectivity index is 1.19. The Labute approximate surface area is 189 Å². The van der Waals surface area contributed by atoms with E-state index in [2.05, 4.69) is 56.9 Å². The second-order valence-electron chi connectivity index (χ2n) is 8.54. The van der Waals surface area contributed by atoms with Gasteiger partial charge >= 0.3 is 0 Å². The van der Waals surface area contributed by atoms with Crippen LogP contribution in [-0.4, -0.2) is 54.9 Å². The highest BCUT2D eigenvalue weighted by molar-refractivity contribution is 5.93. The molecule has 3 aromatic rings. The number of amides is 1. The third kappa shape index (κ3) is 4.17. The molecule has 0 spiro atoms. The topological polar surface area (TPSA) is 62.6 Å². The molecule has 5 rings (SSSR count). The summed E-state index contributed by atoms with van der Waals surface area (Å²) in [7, 11) is 0. The number of hydrogen-bond acceptors (Lipinski definition) is 5. The number of aromatic nitrogens is 2. The lowest BCUT2D eigenvalue weighted by Crippen LogP contribution is -2.39. The van der Waals surface area contributed by atoms with Gasteiger partial charge < -0.3 is 24.4 Å². The average Bonchev–Trinajstić information content (AvgIpc) is 3.24. The minimum Gasteiger partial charge on any atom is -0.378 e. The van der Waals surface area contributed by atoms with Crippen molar-refractivity contribution in [2.75, 3.05) is 54.5 Å². The summed E-state index contributed by atoms with van der Waals surface area (Å²) in [6, 6.07) is 16.4. The minimum atomic E-state index is 0.0321. The van der Waals surface area contributed by atoms with Crippen molar-refractivity contribution >= 4 is 34.3 Å². The third-order valence-electron chi connectivity index (χ3n) is 6.61. The maximum absolute atomic E-state index is 12.9. The van der Waals surface area contributed by atoms with Crippen molar-refractivity contribution in [1.29, 1.82) is 0 Å². The third-order valence-corrected chi connectivity index (χ3v) is 6.61. The van der Waals surface area contributed by atoms with Crippen LogP contribution in [0.2, 0.25) is 0 Å². The summed E-state index contributed by atoms with van der Waals surface area (Å²) in [6.45, 7) is 8.09. The van der Waals surface area contributed by atoms with Gasteiger partial charge in [0.1, 0.15) is 0 Å². The molecule has 2 aliphatic rings. The number of hydrogen-bond donors (Lipinski definition) is 1. The van der Waals surface area contributed by atoms with Gasteiger partial charge in [-0.15, -0.1) is 0 Å². The lowest BCUT2D eigenvalue weighted by molar-refractivity contribution is -0.120. The fourth-order valence-electron chi connectivity index (χ4n) is 4.78. The van der Waals surface area contributed by atoms with Gasteiger partial charge in [-0.25, -0.2) is 4.98 Å². The summed E-state index contributed by atoms with van der Waals surface area (Å²) in [5.41, 5.74) is 4.25. The molecule has 0 unspecified atom stereocenters. The van der Waals surface area contributed by atoms with E-state index >= 15 is 0 Å². The first-order valence-electron chi connectivity index (χ1n) is 11.7. The van der Waals surface area contributed by atoms with Crippen molar-refractivity contribution in [3.8, 4) is 0 Å². The van der Waals surface area contributed by atoms with E-state index in [0.717, 1.165) is 75.9 Å². The van der Waals surface area contributed by atoms with Crippen molar-refractivity contribution in [3.05, 3.63) is 48.5 Å². The van der Waals surface area contributed by atoms with E-state index in [9.17, 15) is 4.79 Å². The molecular formula is C25H31N5O2. The van der Waals surface area contributed by atoms with Crippen molar-refractivity contribution in [2.24, 2.45) is 5.92 Å². The standard InChI is InChI=1S/C25H31N5O2/c1-2-30-23-6-4-3-5-22(23)27-25(30)29-13-11-19(12-14-29)24(31)26-20-7-9-21(10-8-20)28-15-17-32-18-16-28/h3-10,19H,2,11-18H2,1H3,(H,26,31). The number of imidazole rings is 1. The van der Waals surface area contributed by atoms with Gasteiger partial charge in [0.25, 0.3) is 0 Å². The van der Waals surface area contributed by atoms with E-state index in [1.54, 1.807) is 0 Å². The van der Waals surface area contributed by atoms with E-state index in [0.29, 0.717) is 0 Å². The van der Waals surface area contributed by atoms with Gasteiger partial charge in [-0.3, -0.25) is 4.79 Å². The molecule has 2 fully saturated rings. The summed E-state index contributed by atoms with van der Waals surface area (Å²) in [6.07, 6.45) is 1.68. The molecule has 2 saturated heterocycles. The number of aryl methyl sites for hydroxylation is 1. The number of carbonyl (C=O) groups excluding carboxylic acids is 1. The molecule has 0 saturated carbocycles. The molecule has 32 heavy (non-hydrogen) atoms. The number of nitrogens with zero attached hydrogens (tertiary/aromatic N) is 4. The molecule has 7 nitrogen and oxygen atoms in total. The lowest BCUT2D eigenvalue weighted by Gasteiger charge is -2.32. The normalized spacial score (nSPS) is 17.7. The van der Waals surface area contributed by atoms with Gasteiger partial charge in [0.05, 0.1) is 24.2 Å². The second kappa shape index (κ2) is 9.20. The van der Waals surface area contributed by atoms with E-state index in [1.807, 2.05) is 18.2 Å². The Kier molecular flexibility index (Phi) is 5.99. The highest BCUT2D eigenvalue weighted by atomic mass is 16.5. The van der Waals surface area contributed by atoms with Crippen LogP contribution < -0.4 is 15.1 Å². The Morgan fingerprint density at radius 1 is 1.00 bits per heavy atom. The van der Waals surface area contributed by atoms with Gasteiger partial charge in [-0.2, -0.15) is 0 Å². The molecule has 2 aromatic carbocycles. The smallest absolute Gasteiger partial charge is 0.227 e. The number of rotatable bonds is 5. The Hall–Kier alpha value is -3.06. The summed E-state index contributed by atoms with van der Waals surface area (Å²) in [5.74, 6) is 1.17. The number of para-hydroxylation sites is 2. The lowest BCUT2D eigenvalue weighted by atomic mass is 9.96. The number of anilines is 3. The number of fused-ring (bicyclic) bond motifs is 1. The predicted molar refractivity (Wildman–Crippen MR) is 128 cm³/mol. The first-order valence-corrected chi connectivity index (χ1v) is 11.7. The molecular weight excluding hydrogens is 402 g/mol. The van der Waals surface area contributed by atoms with Crippen LogP contribution in [-0.2, 0) is 16.1 Å². The van der Waals surface area contributed by atoms with Gasteiger partial charge in [0, 0.05) is 50.0 Å². The number of morpholine rings is 1. The Morgan fingerprint density at radius 2 is 1.72 bits per heavy atom. The van der Waals surface area contributed by atoms with Crippen molar-refractivity contribution in [3.63, 3.8) is 0 Å². The van der Waals surface area contributed by atoms with Crippen LogP contribution in [0, 0.1) is 5.92 Å². The maximum Gasteiger partial charge on any atom is 0.227 e. The molecule has 0 atom stereocenters. The predicted octanol–water partition coefficient (Wildman–Crippen LogP) is 3.75. The summed E-state index contributed by atoms with van der Waals surface area (Å²) in [5, 5.41) is 3.12. The molecule has 0 bridgehead atoms. The molecule has 3 heterocycles. The van der Waals surface area contributed by atoms with Crippen LogP contribution in [0.5, 0.6) is 0 Å². The zero-order valence-corrected chi connectivity index (χ0v) is 18.7. The molecule has 168 valence electrons. The second-order valence-corrected chi connectivity index (χ2v) is 8.54. The van der Waals surface area contributed by atoms with E-state index < -0.39 is 0 Å². The number of piperidine rings is 1. The zero-order chi connectivity index (χ0) is 21.9. The Morgan fingerprint density at radius 3 is 2.44 bits per heavy atom. The summed E-state index contributed by atoms with van der Waals surface area (Å²) >= 11 is 0. The van der Waals surface area contributed by atoms with Gasteiger partial charge in [0.15, 0.2) is 0 Å². The quantitative estimate of drug-likeness (QED) is 0.664. The van der Waals surface area contributed by atoms with Crippen molar-refractivity contribution in [1.82, 2.24) is 9.55 Å². The van der Waals surface area contributed by atoms with E-state index in [-0.39, 0.29) is 11.8 Å². The SMILES string of the molecule is CCn1c(N2CCC(C(=O)Nc3ccc(N4CCOCC4)cc3)CC2)nc2ccccc21. The van der Waals surface area contributed by atoms with E-state index in [1.165, 1.54) is 11.2 Å². The fourth-order valence-corrected chi connectivity index (χ4v) is 4.78. The average molecular weight is 434 g/mol. The van der Waals surface area contributed by atoms with Crippen LogP contribution in [0.15, 0.2) is 48.5 Å². The number of ether oxygens (including phenoxy) is 1. The number of nitrogens with one attached hydrogen (secondary N) is 1. The first-order chi connectivity index (χ1) is 15.7. The van der Waals surface area contributed by atoms with Gasteiger partial charge in [-0.05, 0) is 56.2 Å². The maximum atomic E-state index is 12.9. The number of benzene rings is 2. The highest BCUT2D eigenvalue weighted by Crippen LogP contribution is 2.28. The van der Waals surface area contributed by atoms with Crippen molar-refractivity contribution < 1.29 is 9.53 Å². The van der Waals surface area contributed by atoms with E-state index in [4.69, 9.17) is 9.72 Å². The van der Waals surface area contributed by atoms with Gasteiger partial charge in [-0.1, -0.05) is 12.1 Å². The number of carbonyl (C=O) groups is 1. The first kappa shape index (κ1) is 20.8. The Bertz CT molecular complexity index is 1060. The molecule has 1 N–H and O–H groups in total. The van der Waals surface area contributed by atoms with Gasteiger partial charge in [0.2, 0.25) is 11.9 Å². The summed E-state index contributed by atoms with van der Waals surface area (Å²) < 4.78 is 7.69. The fraction of sp³-hybridized carbons (Fsp3) is 0.440. The minimum absolute atomic E-state index is 0.0321. The molecule has 2 aliphatic heterocycles. The monoisotopic (exact) mass is 433 g/mol. The molecule has 1 amide bonds.